The summed E-state index contributed by atoms with van der Waals surface area (Å²) in [6, 6.07) is 19.5. The minimum atomic E-state index is -0.0877. The van der Waals surface area contributed by atoms with Crippen LogP contribution in [-0.2, 0) is 0 Å². The molecule has 2 fully saturated rings. The molecule has 0 amide bonds. The van der Waals surface area contributed by atoms with Gasteiger partial charge < -0.3 is 0 Å². The average Bonchev–Trinajstić information content (AvgIpc) is 2.90. The van der Waals surface area contributed by atoms with Gasteiger partial charge in [-0.3, -0.25) is 0 Å². The quantitative estimate of drug-likeness (QED) is 0.216. The molecule has 2 aromatic rings. The second kappa shape index (κ2) is 13.8. The molecule has 1 saturated heterocycles. The normalized spacial score (nSPS) is 21.9. The zero-order valence-electron chi connectivity index (χ0n) is 22.5. The van der Waals surface area contributed by atoms with Crippen LogP contribution in [0.2, 0.25) is 18.1 Å². The Kier molecular flexibility index (Phi) is 10.5. The first-order valence-corrected chi connectivity index (χ1v) is 17.0. The van der Waals surface area contributed by atoms with Crippen molar-refractivity contribution in [3.8, 4) is 11.1 Å². The highest BCUT2D eigenvalue weighted by Gasteiger charge is 2.24. The number of benzene rings is 2. The van der Waals surface area contributed by atoms with Gasteiger partial charge in [0.05, 0.1) is 0 Å². The molecular formula is C33H48FSi. The highest BCUT2D eigenvalue weighted by Crippen LogP contribution is 2.40. The number of hydrogen-bond donors (Lipinski definition) is 0. The van der Waals surface area contributed by atoms with Crippen LogP contribution in [0, 0.1) is 11.7 Å². The smallest absolute Gasteiger partial charge is 0.131 e. The fourth-order valence-electron chi connectivity index (χ4n) is 6.66. The van der Waals surface area contributed by atoms with E-state index < -0.39 is 0 Å². The number of rotatable bonds is 11. The van der Waals surface area contributed by atoms with Gasteiger partial charge in [-0.05, 0) is 79.0 Å². The molecule has 2 aliphatic rings. The topological polar surface area (TPSA) is 0 Å². The third-order valence-corrected chi connectivity index (χ3v) is 12.1. The van der Waals surface area contributed by atoms with Gasteiger partial charge in [-0.15, -0.1) is 0 Å². The Morgan fingerprint density at radius 3 is 2.00 bits per heavy atom. The van der Waals surface area contributed by atoms with Gasteiger partial charge >= 0.3 is 0 Å². The van der Waals surface area contributed by atoms with Crippen molar-refractivity contribution >= 4 is 8.80 Å². The van der Waals surface area contributed by atoms with E-state index in [9.17, 15) is 0 Å². The van der Waals surface area contributed by atoms with E-state index in [1.165, 1.54) is 113 Å². The zero-order valence-corrected chi connectivity index (χ0v) is 23.5. The minimum Gasteiger partial charge on any atom is -0.206 e. The van der Waals surface area contributed by atoms with Crippen molar-refractivity contribution in [1.29, 1.82) is 0 Å². The highest BCUT2D eigenvalue weighted by molar-refractivity contribution is 6.59. The molecular weight excluding hydrogens is 443 g/mol. The van der Waals surface area contributed by atoms with Gasteiger partial charge in [-0.2, -0.15) is 0 Å². The summed E-state index contributed by atoms with van der Waals surface area (Å²) < 4.78 is 15.2. The fourth-order valence-corrected chi connectivity index (χ4v) is 9.67. The lowest BCUT2D eigenvalue weighted by Gasteiger charge is -2.29. The first kappa shape index (κ1) is 26.6. The van der Waals surface area contributed by atoms with Gasteiger partial charge in [0, 0.05) is 14.4 Å². The van der Waals surface area contributed by atoms with E-state index in [0.717, 1.165) is 17.0 Å². The van der Waals surface area contributed by atoms with Crippen LogP contribution in [0.1, 0.15) is 120 Å². The number of unbranched alkanes of at least 4 members (excludes halogenated alkanes) is 4. The largest absolute Gasteiger partial charge is 0.206 e. The molecule has 2 aromatic carbocycles. The van der Waals surface area contributed by atoms with E-state index in [1.54, 1.807) is 0 Å². The van der Waals surface area contributed by atoms with Gasteiger partial charge in [0.25, 0.3) is 0 Å². The van der Waals surface area contributed by atoms with Crippen LogP contribution in [0.4, 0.5) is 4.39 Å². The molecule has 1 radical (unpaired) electrons. The lowest BCUT2D eigenvalue weighted by Crippen LogP contribution is -2.20. The predicted octanol–water partition coefficient (Wildman–Crippen LogP) is 10.9. The third kappa shape index (κ3) is 7.54. The Morgan fingerprint density at radius 2 is 1.34 bits per heavy atom. The molecule has 0 spiro atoms. The van der Waals surface area contributed by atoms with Crippen LogP contribution in [0.25, 0.3) is 11.1 Å². The van der Waals surface area contributed by atoms with Crippen molar-refractivity contribution in [2.75, 3.05) is 0 Å². The SMILES string of the molecule is CCCCCC1CCC(c2ccc(-c3ccc(C4CC[Si](CCCCC)CC4)cc3)c(F)c2)CC1. The second-order valence-corrected chi connectivity index (χ2v) is 14.6. The maximum absolute atomic E-state index is 15.2. The molecule has 1 aliphatic carbocycles. The van der Waals surface area contributed by atoms with Crippen molar-refractivity contribution in [1.82, 2.24) is 0 Å². The van der Waals surface area contributed by atoms with Crippen LogP contribution in [-0.4, -0.2) is 8.80 Å². The molecule has 0 N–H and O–H groups in total. The molecule has 191 valence electrons. The van der Waals surface area contributed by atoms with Crippen molar-refractivity contribution in [2.24, 2.45) is 5.92 Å². The van der Waals surface area contributed by atoms with Crippen molar-refractivity contribution < 1.29 is 4.39 Å². The van der Waals surface area contributed by atoms with Gasteiger partial charge in [0.15, 0.2) is 0 Å². The van der Waals surface area contributed by atoms with Crippen LogP contribution in [0.15, 0.2) is 42.5 Å². The van der Waals surface area contributed by atoms with E-state index in [-0.39, 0.29) is 14.6 Å². The maximum Gasteiger partial charge on any atom is 0.131 e. The Morgan fingerprint density at radius 1 is 0.714 bits per heavy atom. The first-order valence-electron chi connectivity index (χ1n) is 14.9. The Hall–Kier alpha value is -1.41. The third-order valence-electron chi connectivity index (χ3n) is 9.05. The molecule has 35 heavy (non-hydrogen) atoms. The number of halogens is 1. The van der Waals surface area contributed by atoms with Gasteiger partial charge in [0.2, 0.25) is 0 Å². The van der Waals surface area contributed by atoms with E-state index in [0.29, 0.717) is 11.8 Å². The Labute approximate surface area is 216 Å². The molecule has 1 saturated carbocycles. The second-order valence-electron chi connectivity index (χ2n) is 11.6. The van der Waals surface area contributed by atoms with Crippen LogP contribution >= 0.6 is 0 Å². The van der Waals surface area contributed by atoms with Gasteiger partial charge in [-0.1, -0.05) is 113 Å². The van der Waals surface area contributed by atoms with Crippen LogP contribution in [0.5, 0.6) is 0 Å². The molecule has 0 unspecified atom stereocenters. The lowest BCUT2D eigenvalue weighted by atomic mass is 9.77. The predicted molar refractivity (Wildman–Crippen MR) is 152 cm³/mol. The molecule has 0 nitrogen and oxygen atoms in total. The van der Waals surface area contributed by atoms with E-state index in [1.807, 2.05) is 12.1 Å². The van der Waals surface area contributed by atoms with E-state index >= 15 is 4.39 Å². The summed E-state index contributed by atoms with van der Waals surface area (Å²) >= 11 is 0. The summed E-state index contributed by atoms with van der Waals surface area (Å²) in [6.07, 6.45) is 17.5. The van der Waals surface area contributed by atoms with E-state index in [2.05, 4.69) is 44.2 Å². The monoisotopic (exact) mass is 491 g/mol. The molecule has 4 rings (SSSR count). The van der Waals surface area contributed by atoms with Gasteiger partial charge in [0.1, 0.15) is 5.82 Å². The average molecular weight is 492 g/mol. The standard InChI is InChI=1S/C33H48FSi/c1-3-5-7-9-26-10-12-28(13-11-26)31-18-19-32(33(34)25-31)30-16-14-27(15-17-30)29-20-23-35(24-21-29)22-8-6-4-2/h14-19,25-26,28-29H,3-13,20-24H2,1-2H3. The maximum atomic E-state index is 15.2. The lowest BCUT2D eigenvalue weighted by molar-refractivity contribution is 0.302. The fraction of sp³-hybridized carbons (Fsp3) is 0.636. The summed E-state index contributed by atoms with van der Waals surface area (Å²) in [5, 5.41) is 0. The van der Waals surface area contributed by atoms with Crippen molar-refractivity contribution in [2.45, 2.75) is 127 Å². The summed E-state index contributed by atoms with van der Waals surface area (Å²) in [6.45, 7) is 4.59. The molecule has 0 aromatic heterocycles. The van der Waals surface area contributed by atoms with Crippen molar-refractivity contribution in [3.63, 3.8) is 0 Å². The molecule has 0 atom stereocenters. The van der Waals surface area contributed by atoms with Crippen LogP contribution in [0.3, 0.4) is 0 Å². The zero-order chi connectivity index (χ0) is 24.5. The summed E-state index contributed by atoms with van der Waals surface area (Å²) in [4.78, 5) is 0. The van der Waals surface area contributed by atoms with Crippen molar-refractivity contribution in [3.05, 3.63) is 59.4 Å². The molecule has 2 heteroatoms. The molecule has 1 heterocycles. The van der Waals surface area contributed by atoms with E-state index in [4.69, 9.17) is 0 Å². The molecule has 0 bridgehead atoms. The summed E-state index contributed by atoms with van der Waals surface area (Å²) in [5.41, 5.74) is 4.47. The Balaban J connectivity index is 1.30. The highest BCUT2D eigenvalue weighted by atomic mass is 28.3. The first-order chi connectivity index (χ1) is 17.2. The minimum absolute atomic E-state index is 0.0442. The van der Waals surface area contributed by atoms with Crippen LogP contribution < -0.4 is 0 Å². The van der Waals surface area contributed by atoms with Gasteiger partial charge in [-0.25, -0.2) is 4.39 Å². The summed E-state index contributed by atoms with van der Waals surface area (Å²) in [7, 11) is -0.0877. The Bertz CT molecular complexity index is 872. The molecule has 1 aliphatic heterocycles. The number of hydrogen-bond acceptors (Lipinski definition) is 0. The summed E-state index contributed by atoms with van der Waals surface area (Å²) in [5.74, 6) is 2.12.